The molecule has 1 N–H and O–H groups in total. The van der Waals surface area contributed by atoms with Crippen molar-refractivity contribution in [2.75, 3.05) is 6.61 Å². The lowest BCUT2D eigenvalue weighted by molar-refractivity contribution is 0.0566. The minimum Gasteiger partial charge on any atom is -0.505 e. The molecule has 0 fully saturated rings. The molecule has 1 heterocycles. The van der Waals surface area contributed by atoms with Crippen molar-refractivity contribution in [3.05, 3.63) is 72.3 Å². The number of halogens is 1. The van der Waals surface area contributed by atoms with Crippen LogP contribution < -0.4 is 0 Å². The summed E-state index contributed by atoms with van der Waals surface area (Å²) in [7, 11) is 0. The summed E-state index contributed by atoms with van der Waals surface area (Å²) in [5, 5.41) is 9.34. The Morgan fingerprint density at radius 2 is 1.70 bits per heavy atom. The van der Waals surface area contributed by atoms with Crippen molar-refractivity contribution in [1.82, 2.24) is 9.97 Å². The fraction of sp³-hybridized carbons (Fsp3) is 0.357. The van der Waals surface area contributed by atoms with Gasteiger partial charge in [-0.05, 0) is 55.9 Å². The van der Waals surface area contributed by atoms with Crippen LogP contribution in [0.5, 0.6) is 5.75 Å². The van der Waals surface area contributed by atoms with Gasteiger partial charge in [-0.2, -0.15) is 0 Å². The van der Waals surface area contributed by atoms with E-state index < -0.39 is 5.82 Å². The maximum absolute atomic E-state index is 13.6. The van der Waals surface area contributed by atoms with Gasteiger partial charge in [0.2, 0.25) is 0 Å². The SMILES string of the molecule is CCCCCOC(C)CCCC=Cc1ccc(-c2ncc(-c3ccc(O)c(F)c3)cn2)cc1. The van der Waals surface area contributed by atoms with E-state index in [1.54, 1.807) is 18.5 Å². The summed E-state index contributed by atoms with van der Waals surface area (Å²) in [6.45, 7) is 5.24. The molecular formula is C28H33FN2O2. The second-order valence-electron chi connectivity index (χ2n) is 8.31. The Bertz CT molecular complexity index is 1020. The van der Waals surface area contributed by atoms with E-state index in [4.69, 9.17) is 4.74 Å². The van der Waals surface area contributed by atoms with Gasteiger partial charge in [-0.3, -0.25) is 0 Å². The molecule has 174 valence electrons. The molecule has 0 amide bonds. The summed E-state index contributed by atoms with van der Waals surface area (Å²) in [5.74, 6) is -0.418. The number of benzene rings is 2. The molecule has 0 aliphatic rings. The fourth-order valence-corrected chi connectivity index (χ4v) is 3.52. The van der Waals surface area contributed by atoms with Crippen molar-refractivity contribution < 1.29 is 14.2 Å². The average Bonchev–Trinajstić information content (AvgIpc) is 2.84. The van der Waals surface area contributed by atoms with Gasteiger partial charge in [-0.1, -0.05) is 62.2 Å². The molecule has 0 spiro atoms. The van der Waals surface area contributed by atoms with Gasteiger partial charge in [0.15, 0.2) is 17.4 Å². The van der Waals surface area contributed by atoms with Gasteiger partial charge in [0, 0.05) is 30.1 Å². The summed E-state index contributed by atoms with van der Waals surface area (Å²) in [5.41, 5.74) is 3.37. The molecule has 33 heavy (non-hydrogen) atoms. The van der Waals surface area contributed by atoms with Crippen molar-refractivity contribution in [1.29, 1.82) is 0 Å². The molecule has 0 saturated carbocycles. The predicted octanol–water partition coefficient (Wildman–Crippen LogP) is 7.43. The van der Waals surface area contributed by atoms with Crippen molar-refractivity contribution >= 4 is 6.08 Å². The zero-order valence-electron chi connectivity index (χ0n) is 19.5. The minimum absolute atomic E-state index is 0.328. The number of allylic oxidation sites excluding steroid dienone is 1. The maximum Gasteiger partial charge on any atom is 0.165 e. The number of phenolic OH excluding ortho intramolecular Hbond substituents is 1. The summed E-state index contributed by atoms with van der Waals surface area (Å²) >= 11 is 0. The highest BCUT2D eigenvalue weighted by atomic mass is 19.1. The molecule has 3 aromatic rings. The number of rotatable bonds is 12. The van der Waals surface area contributed by atoms with Crippen molar-refractivity contribution in [3.8, 4) is 28.3 Å². The quantitative estimate of drug-likeness (QED) is 0.293. The largest absolute Gasteiger partial charge is 0.505 e. The first-order valence-electron chi connectivity index (χ1n) is 11.8. The first kappa shape index (κ1) is 24.6. The number of ether oxygens (including phenoxy) is 1. The van der Waals surface area contributed by atoms with Crippen LogP contribution in [0.4, 0.5) is 4.39 Å². The van der Waals surface area contributed by atoms with Crippen LogP contribution in [0.15, 0.2) is 60.9 Å². The third-order valence-electron chi connectivity index (χ3n) is 5.54. The van der Waals surface area contributed by atoms with Crippen LogP contribution in [0.2, 0.25) is 0 Å². The lowest BCUT2D eigenvalue weighted by Crippen LogP contribution is -2.08. The first-order valence-corrected chi connectivity index (χ1v) is 11.8. The van der Waals surface area contributed by atoms with Crippen molar-refractivity contribution in [2.24, 2.45) is 0 Å². The van der Waals surface area contributed by atoms with Crippen LogP contribution in [-0.4, -0.2) is 27.8 Å². The van der Waals surface area contributed by atoms with E-state index in [0.29, 0.717) is 23.1 Å². The van der Waals surface area contributed by atoms with Crippen LogP contribution in [-0.2, 0) is 4.74 Å². The Hall–Kier alpha value is -3.05. The Morgan fingerprint density at radius 3 is 2.39 bits per heavy atom. The summed E-state index contributed by atoms with van der Waals surface area (Å²) < 4.78 is 19.4. The number of unbranched alkanes of at least 4 members (excludes halogenated alkanes) is 3. The number of aromatic nitrogens is 2. The molecule has 1 unspecified atom stereocenters. The second kappa shape index (κ2) is 12.9. The average molecular weight is 449 g/mol. The number of hydrogen-bond acceptors (Lipinski definition) is 4. The zero-order valence-corrected chi connectivity index (χ0v) is 19.5. The second-order valence-corrected chi connectivity index (χ2v) is 8.31. The third kappa shape index (κ3) is 7.79. The number of phenols is 1. The summed E-state index contributed by atoms with van der Waals surface area (Å²) in [6, 6.07) is 12.3. The Morgan fingerprint density at radius 1 is 0.970 bits per heavy atom. The molecule has 0 bridgehead atoms. The predicted molar refractivity (Wildman–Crippen MR) is 132 cm³/mol. The number of hydrogen-bond donors (Lipinski definition) is 1. The van der Waals surface area contributed by atoms with E-state index in [-0.39, 0.29) is 5.75 Å². The van der Waals surface area contributed by atoms with Crippen LogP contribution >= 0.6 is 0 Å². The molecule has 0 aliphatic heterocycles. The number of aromatic hydroxyl groups is 1. The van der Waals surface area contributed by atoms with Crippen LogP contribution in [0.25, 0.3) is 28.6 Å². The van der Waals surface area contributed by atoms with E-state index in [1.165, 1.54) is 25.0 Å². The molecule has 4 nitrogen and oxygen atoms in total. The topological polar surface area (TPSA) is 55.2 Å². The van der Waals surface area contributed by atoms with Crippen LogP contribution in [0, 0.1) is 5.82 Å². The molecule has 0 radical (unpaired) electrons. The van der Waals surface area contributed by atoms with Crippen LogP contribution in [0.1, 0.15) is 57.9 Å². The van der Waals surface area contributed by atoms with Gasteiger partial charge in [-0.25, -0.2) is 14.4 Å². The highest BCUT2D eigenvalue weighted by Gasteiger charge is 2.06. The van der Waals surface area contributed by atoms with Gasteiger partial charge in [0.1, 0.15) is 0 Å². The van der Waals surface area contributed by atoms with Gasteiger partial charge in [0.05, 0.1) is 6.10 Å². The minimum atomic E-state index is -0.662. The van der Waals surface area contributed by atoms with Crippen molar-refractivity contribution in [2.45, 2.75) is 58.5 Å². The highest BCUT2D eigenvalue weighted by molar-refractivity contribution is 5.65. The normalized spacial score (nSPS) is 12.3. The molecule has 1 atom stereocenters. The number of nitrogens with zero attached hydrogens (tertiary/aromatic N) is 2. The Kier molecular flexibility index (Phi) is 9.58. The molecule has 2 aromatic carbocycles. The van der Waals surface area contributed by atoms with E-state index in [1.807, 2.05) is 12.1 Å². The maximum atomic E-state index is 13.6. The molecule has 5 heteroatoms. The Labute approximate surface area is 196 Å². The standard InChI is InChI=1S/C28H33FN2O2/c1-3-4-8-17-33-21(2)9-6-5-7-10-22-11-13-23(14-12-22)28-30-19-25(20-31-28)24-15-16-27(32)26(29)18-24/h7,10-16,18-21,32H,3-6,8-9,17H2,1-2H3. The van der Waals surface area contributed by atoms with Gasteiger partial charge in [-0.15, -0.1) is 0 Å². The highest BCUT2D eigenvalue weighted by Crippen LogP contribution is 2.25. The Balaban J connectivity index is 1.47. The smallest absolute Gasteiger partial charge is 0.165 e. The molecule has 3 rings (SSSR count). The van der Waals surface area contributed by atoms with Crippen LogP contribution in [0.3, 0.4) is 0 Å². The monoisotopic (exact) mass is 448 g/mol. The van der Waals surface area contributed by atoms with E-state index in [0.717, 1.165) is 43.4 Å². The van der Waals surface area contributed by atoms with E-state index in [9.17, 15) is 9.50 Å². The molecular weight excluding hydrogens is 415 g/mol. The summed E-state index contributed by atoms with van der Waals surface area (Å²) in [4.78, 5) is 8.83. The fourth-order valence-electron chi connectivity index (χ4n) is 3.52. The molecule has 0 aliphatic carbocycles. The summed E-state index contributed by atoms with van der Waals surface area (Å²) in [6.07, 6.45) is 14.9. The lowest BCUT2D eigenvalue weighted by atomic mass is 10.1. The first-order chi connectivity index (χ1) is 16.1. The molecule has 1 aromatic heterocycles. The zero-order chi connectivity index (χ0) is 23.5. The lowest BCUT2D eigenvalue weighted by Gasteiger charge is -2.11. The molecule has 0 saturated heterocycles. The van der Waals surface area contributed by atoms with Gasteiger partial charge in [0.25, 0.3) is 0 Å². The van der Waals surface area contributed by atoms with E-state index in [2.05, 4.69) is 48.1 Å². The third-order valence-corrected chi connectivity index (χ3v) is 5.54. The van der Waals surface area contributed by atoms with Gasteiger partial charge < -0.3 is 9.84 Å². The van der Waals surface area contributed by atoms with E-state index >= 15 is 0 Å². The van der Waals surface area contributed by atoms with Gasteiger partial charge >= 0.3 is 0 Å². The van der Waals surface area contributed by atoms with Crippen molar-refractivity contribution in [3.63, 3.8) is 0 Å².